The van der Waals surface area contributed by atoms with Gasteiger partial charge in [-0.25, -0.2) is 0 Å². The Morgan fingerprint density at radius 1 is 1.13 bits per heavy atom. The van der Waals surface area contributed by atoms with Crippen molar-refractivity contribution in [3.63, 3.8) is 0 Å². The number of hydrogen-bond acceptors (Lipinski definition) is 4. The van der Waals surface area contributed by atoms with E-state index in [1.54, 1.807) is 16.4 Å². The van der Waals surface area contributed by atoms with E-state index >= 15 is 0 Å². The summed E-state index contributed by atoms with van der Waals surface area (Å²) < 4.78 is 2.87. The van der Waals surface area contributed by atoms with Crippen molar-refractivity contribution in [2.45, 2.75) is 30.7 Å². The molecule has 0 N–H and O–H groups in total. The van der Waals surface area contributed by atoms with Gasteiger partial charge in [0.15, 0.2) is 0 Å². The predicted molar refractivity (Wildman–Crippen MR) is 96.9 cm³/mol. The fraction of sp³-hybridized carbons (Fsp3) is 0.235. The van der Waals surface area contributed by atoms with E-state index < -0.39 is 0 Å². The van der Waals surface area contributed by atoms with E-state index in [4.69, 9.17) is 0 Å². The molecule has 0 saturated carbocycles. The molecule has 2 aromatic carbocycles. The summed E-state index contributed by atoms with van der Waals surface area (Å²) >= 11 is 5.12. The molecule has 0 bridgehead atoms. The van der Waals surface area contributed by atoms with E-state index in [1.807, 2.05) is 12.1 Å². The van der Waals surface area contributed by atoms with Gasteiger partial charge in [-0.1, -0.05) is 65.8 Å². The van der Waals surface area contributed by atoms with E-state index in [0.717, 1.165) is 21.1 Å². The molecule has 4 nitrogen and oxygen atoms in total. The van der Waals surface area contributed by atoms with E-state index in [2.05, 4.69) is 81.7 Å². The number of benzene rings is 2. The maximum absolute atomic E-state index is 4.14. The SMILES string of the molecule is CC(C)c1ccc(-n2nnnc2SCc2cccc(Br)c2)cc1. The first-order valence-electron chi connectivity index (χ1n) is 7.39. The largest absolute Gasteiger partial charge is 0.214 e. The van der Waals surface area contributed by atoms with Crippen molar-refractivity contribution in [1.82, 2.24) is 20.2 Å². The van der Waals surface area contributed by atoms with Gasteiger partial charge in [-0.05, 0) is 51.7 Å². The lowest BCUT2D eigenvalue weighted by atomic mass is 10.0. The van der Waals surface area contributed by atoms with E-state index in [1.165, 1.54) is 11.1 Å². The second-order valence-electron chi connectivity index (χ2n) is 5.54. The van der Waals surface area contributed by atoms with Crippen LogP contribution in [-0.2, 0) is 5.75 Å². The Morgan fingerprint density at radius 2 is 1.91 bits per heavy atom. The van der Waals surface area contributed by atoms with Gasteiger partial charge in [-0.15, -0.1) is 5.10 Å². The molecule has 1 aromatic heterocycles. The first-order chi connectivity index (χ1) is 11.1. The molecule has 6 heteroatoms. The summed E-state index contributed by atoms with van der Waals surface area (Å²) in [5.74, 6) is 1.34. The third-order valence-corrected chi connectivity index (χ3v) is 4.99. The van der Waals surface area contributed by atoms with Crippen LogP contribution in [0.25, 0.3) is 5.69 Å². The minimum Gasteiger partial charge on any atom is -0.188 e. The van der Waals surface area contributed by atoms with Crippen LogP contribution in [0.1, 0.15) is 30.9 Å². The number of halogens is 1. The van der Waals surface area contributed by atoms with Crippen LogP contribution in [-0.4, -0.2) is 20.2 Å². The van der Waals surface area contributed by atoms with Gasteiger partial charge in [0.05, 0.1) is 5.69 Å². The van der Waals surface area contributed by atoms with Gasteiger partial charge in [0, 0.05) is 10.2 Å². The molecule has 3 aromatic rings. The lowest BCUT2D eigenvalue weighted by Gasteiger charge is -2.08. The molecule has 0 atom stereocenters. The van der Waals surface area contributed by atoms with Crippen LogP contribution in [0.5, 0.6) is 0 Å². The molecule has 118 valence electrons. The lowest BCUT2D eigenvalue weighted by Crippen LogP contribution is -1.99. The van der Waals surface area contributed by atoms with Gasteiger partial charge in [-0.3, -0.25) is 0 Å². The molecule has 0 radical (unpaired) electrons. The molecule has 0 aliphatic rings. The van der Waals surface area contributed by atoms with Gasteiger partial charge < -0.3 is 0 Å². The van der Waals surface area contributed by atoms with E-state index in [-0.39, 0.29) is 0 Å². The van der Waals surface area contributed by atoms with Crippen molar-refractivity contribution in [3.8, 4) is 5.69 Å². The summed E-state index contributed by atoms with van der Waals surface area (Å²) in [7, 11) is 0. The van der Waals surface area contributed by atoms with Crippen LogP contribution in [0.15, 0.2) is 58.2 Å². The van der Waals surface area contributed by atoms with E-state index in [0.29, 0.717) is 5.92 Å². The van der Waals surface area contributed by atoms with Gasteiger partial charge in [0.2, 0.25) is 5.16 Å². The van der Waals surface area contributed by atoms with Gasteiger partial charge >= 0.3 is 0 Å². The van der Waals surface area contributed by atoms with Crippen LogP contribution in [0.3, 0.4) is 0 Å². The molecule has 23 heavy (non-hydrogen) atoms. The van der Waals surface area contributed by atoms with Crippen molar-refractivity contribution in [2.75, 3.05) is 0 Å². The lowest BCUT2D eigenvalue weighted by molar-refractivity contribution is 0.754. The van der Waals surface area contributed by atoms with Crippen LogP contribution < -0.4 is 0 Å². The fourth-order valence-corrected chi connectivity index (χ4v) is 3.49. The highest BCUT2D eigenvalue weighted by Crippen LogP contribution is 2.24. The Hall–Kier alpha value is -1.66. The summed E-state index contributed by atoms with van der Waals surface area (Å²) in [6.45, 7) is 4.37. The van der Waals surface area contributed by atoms with Crippen molar-refractivity contribution in [3.05, 3.63) is 64.1 Å². The fourth-order valence-electron chi connectivity index (χ4n) is 2.21. The number of aromatic nitrogens is 4. The number of thioether (sulfide) groups is 1. The summed E-state index contributed by atoms with van der Waals surface area (Å²) in [6.07, 6.45) is 0. The van der Waals surface area contributed by atoms with Crippen LogP contribution in [0, 0.1) is 0 Å². The second-order valence-corrected chi connectivity index (χ2v) is 7.40. The van der Waals surface area contributed by atoms with Crippen LogP contribution in [0.2, 0.25) is 0 Å². The molecule has 0 saturated heterocycles. The Kier molecular flexibility index (Phi) is 5.13. The molecule has 0 fully saturated rings. The molecule has 0 unspecified atom stereocenters. The maximum atomic E-state index is 4.14. The zero-order chi connectivity index (χ0) is 16.2. The Labute approximate surface area is 148 Å². The highest BCUT2D eigenvalue weighted by atomic mass is 79.9. The van der Waals surface area contributed by atoms with Crippen molar-refractivity contribution < 1.29 is 0 Å². The minimum absolute atomic E-state index is 0.517. The van der Waals surface area contributed by atoms with Crippen molar-refractivity contribution >= 4 is 27.7 Å². The minimum atomic E-state index is 0.517. The second kappa shape index (κ2) is 7.27. The first kappa shape index (κ1) is 16.2. The van der Waals surface area contributed by atoms with Gasteiger partial charge in [-0.2, -0.15) is 4.68 Å². The Morgan fingerprint density at radius 3 is 2.61 bits per heavy atom. The number of tetrazole rings is 1. The zero-order valence-corrected chi connectivity index (χ0v) is 15.4. The Balaban J connectivity index is 1.76. The third-order valence-electron chi connectivity index (χ3n) is 3.50. The normalized spacial score (nSPS) is 11.1. The molecule has 0 spiro atoms. The molecule has 3 rings (SSSR count). The van der Waals surface area contributed by atoms with E-state index in [9.17, 15) is 0 Å². The number of nitrogens with zero attached hydrogens (tertiary/aromatic N) is 4. The standard InChI is InChI=1S/C17H17BrN4S/c1-12(2)14-6-8-16(9-7-14)22-17(19-20-21-22)23-11-13-4-3-5-15(18)10-13/h3-10,12H,11H2,1-2H3. The maximum Gasteiger partial charge on any atom is 0.214 e. The smallest absolute Gasteiger partial charge is 0.188 e. The highest BCUT2D eigenvalue weighted by molar-refractivity contribution is 9.10. The topological polar surface area (TPSA) is 43.6 Å². The number of hydrogen-bond donors (Lipinski definition) is 0. The molecular formula is C17H17BrN4S. The highest BCUT2D eigenvalue weighted by Gasteiger charge is 2.10. The van der Waals surface area contributed by atoms with Crippen LogP contribution in [0.4, 0.5) is 0 Å². The quantitative estimate of drug-likeness (QED) is 0.586. The number of rotatable bonds is 5. The predicted octanol–water partition coefficient (Wildman–Crippen LogP) is 4.84. The van der Waals surface area contributed by atoms with Gasteiger partial charge in [0.1, 0.15) is 0 Å². The summed E-state index contributed by atoms with van der Waals surface area (Å²) in [5, 5.41) is 12.9. The molecule has 1 heterocycles. The zero-order valence-electron chi connectivity index (χ0n) is 13.0. The molecule has 0 aliphatic heterocycles. The Bertz CT molecular complexity index is 783. The first-order valence-corrected chi connectivity index (χ1v) is 9.17. The monoisotopic (exact) mass is 388 g/mol. The summed E-state index contributed by atoms with van der Waals surface area (Å²) in [6, 6.07) is 16.7. The summed E-state index contributed by atoms with van der Waals surface area (Å²) in [4.78, 5) is 0. The third kappa shape index (κ3) is 4.00. The average molecular weight is 389 g/mol. The van der Waals surface area contributed by atoms with Crippen molar-refractivity contribution in [2.24, 2.45) is 0 Å². The molecular weight excluding hydrogens is 372 g/mol. The average Bonchev–Trinajstić information content (AvgIpc) is 3.01. The van der Waals surface area contributed by atoms with Crippen molar-refractivity contribution in [1.29, 1.82) is 0 Å². The van der Waals surface area contributed by atoms with Crippen LogP contribution >= 0.6 is 27.7 Å². The summed E-state index contributed by atoms with van der Waals surface area (Å²) in [5.41, 5.74) is 3.52. The molecule has 0 amide bonds. The molecule has 0 aliphatic carbocycles. The van der Waals surface area contributed by atoms with Gasteiger partial charge in [0.25, 0.3) is 0 Å².